The third kappa shape index (κ3) is 5.44. The minimum Gasteiger partial charge on any atom is -0.459 e. The number of aliphatic hydroxyl groups excluding tert-OH is 3. The molecule has 3 N–H and O–H groups in total. The summed E-state index contributed by atoms with van der Waals surface area (Å²) in [5.74, 6) is 0.592. The number of ether oxygens (including phenoxy) is 4. The summed E-state index contributed by atoms with van der Waals surface area (Å²) in [6.07, 6.45) is -5.19. The molecule has 0 amide bonds. The van der Waals surface area contributed by atoms with E-state index in [1.54, 1.807) is 24.3 Å². The van der Waals surface area contributed by atoms with Crippen LogP contribution in [0, 0.1) is 0 Å². The van der Waals surface area contributed by atoms with Crippen LogP contribution in [-0.2, 0) is 14.2 Å². The number of carbonyl (C=O) groups is 1. The first-order chi connectivity index (χ1) is 14.5. The molecule has 1 aliphatic rings. The lowest BCUT2D eigenvalue weighted by atomic mass is 9.99. The van der Waals surface area contributed by atoms with Crippen LogP contribution in [0.2, 0.25) is 0 Å². The molecular weight excluding hydrogens is 392 g/mol. The van der Waals surface area contributed by atoms with Gasteiger partial charge >= 0.3 is 5.97 Å². The van der Waals surface area contributed by atoms with Gasteiger partial charge in [-0.15, -0.1) is 6.58 Å². The number of hydrogen-bond acceptors (Lipinski definition) is 8. The van der Waals surface area contributed by atoms with E-state index in [1.165, 1.54) is 6.08 Å². The average Bonchev–Trinajstić information content (AvgIpc) is 2.77. The van der Waals surface area contributed by atoms with Crippen molar-refractivity contribution in [3.05, 3.63) is 72.8 Å². The van der Waals surface area contributed by atoms with Crippen molar-refractivity contribution in [1.29, 1.82) is 0 Å². The number of esters is 1. The van der Waals surface area contributed by atoms with Crippen LogP contribution in [0.4, 0.5) is 0 Å². The van der Waals surface area contributed by atoms with Crippen LogP contribution in [0.25, 0.3) is 0 Å². The van der Waals surface area contributed by atoms with Crippen LogP contribution in [0.3, 0.4) is 0 Å². The molecule has 3 rings (SSSR count). The Balaban J connectivity index is 1.55. The van der Waals surface area contributed by atoms with Gasteiger partial charge in [-0.3, -0.25) is 0 Å². The fourth-order valence-corrected chi connectivity index (χ4v) is 2.88. The monoisotopic (exact) mass is 416 g/mol. The van der Waals surface area contributed by atoms with E-state index < -0.39 is 36.7 Å². The minimum atomic E-state index is -1.51. The van der Waals surface area contributed by atoms with E-state index in [0.29, 0.717) is 11.5 Å². The van der Waals surface area contributed by atoms with Gasteiger partial charge in [-0.25, -0.2) is 4.79 Å². The van der Waals surface area contributed by atoms with Crippen molar-refractivity contribution < 1.29 is 39.1 Å². The van der Waals surface area contributed by atoms with Gasteiger partial charge in [0.25, 0.3) is 0 Å². The van der Waals surface area contributed by atoms with Crippen molar-refractivity contribution in [1.82, 2.24) is 0 Å². The molecule has 8 nitrogen and oxygen atoms in total. The Hall–Kier alpha value is -2.75. The van der Waals surface area contributed by atoms with Crippen LogP contribution < -0.4 is 4.74 Å². The Bertz CT molecular complexity index is 823. The maximum Gasteiger partial charge on any atom is 0.338 e. The predicted molar refractivity (Wildman–Crippen MR) is 106 cm³/mol. The average molecular weight is 416 g/mol. The van der Waals surface area contributed by atoms with E-state index >= 15 is 0 Å². The number of rotatable bonds is 8. The van der Waals surface area contributed by atoms with Gasteiger partial charge in [0.15, 0.2) is 6.29 Å². The highest BCUT2D eigenvalue weighted by atomic mass is 16.7. The lowest BCUT2D eigenvalue weighted by molar-refractivity contribution is -0.298. The van der Waals surface area contributed by atoms with Gasteiger partial charge in [0, 0.05) is 0 Å². The molecule has 30 heavy (non-hydrogen) atoms. The van der Waals surface area contributed by atoms with Gasteiger partial charge in [-0.1, -0.05) is 24.3 Å². The number of benzene rings is 2. The van der Waals surface area contributed by atoms with E-state index in [0.717, 1.165) is 0 Å². The summed E-state index contributed by atoms with van der Waals surface area (Å²) >= 11 is 0. The fraction of sp³-hybridized carbons (Fsp3) is 0.318. The molecule has 1 fully saturated rings. The normalized spacial score (nSPS) is 26.0. The number of aliphatic hydroxyl groups is 3. The molecule has 1 saturated heterocycles. The number of carbonyl (C=O) groups excluding carboxylic acids is 1. The van der Waals surface area contributed by atoms with Gasteiger partial charge < -0.3 is 34.3 Å². The van der Waals surface area contributed by atoms with Crippen LogP contribution in [-0.4, -0.2) is 65.2 Å². The van der Waals surface area contributed by atoms with E-state index in [-0.39, 0.29) is 18.8 Å². The van der Waals surface area contributed by atoms with Gasteiger partial charge in [0.2, 0.25) is 0 Å². The Labute approximate surface area is 173 Å². The second kappa shape index (κ2) is 10.3. The Kier molecular flexibility index (Phi) is 7.56. The van der Waals surface area contributed by atoms with Crippen molar-refractivity contribution in [3.63, 3.8) is 0 Å². The third-order valence-corrected chi connectivity index (χ3v) is 4.49. The smallest absolute Gasteiger partial charge is 0.338 e. The summed E-state index contributed by atoms with van der Waals surface area (Å²) in [7, 11) is 0. The van der Waals surface area contributed by atoms with Gasteiger partial charge in [0.1, 0.15) is 42.5 Å². The quantitative estimate of drug-likeness (QED) is 0.440. The number of hydrogen-bond donors (Lipinski definition) is 3. The molecule has 0 aromatic heterocycles. The lowest BCUT2D eigenvalue weighted by Crippen LogP contribution is -2.59. The molecule has 1 heterocycles. The molecule has 5 atom stereocenters. The summed E-state index contributed by atoms with van der Waals surface area (Å²) in [5.41, 5.74) is 0.278. The van der Waals surface area contributed by atoms with Crippen molar-refractivity contribution in [2.45, 2.75) is 30.7 Å². The molecule has 0 radical (unpaired) electrons. The van der Waals surface area contributed by atoms with Crippen molar-refractivity contribution >= 4 is 5.97 Å². The van der Waals surface area contributed by atoms with Gasteiger partial charge in [-0.2, -0.15) is 0 Å². The molecule has 2 aromatic rings. The first-order valence-electron chi connectivity index (χ1n) is 9.42. The summed E-state index contributed by atoms with van der Waals surface area (Å²) < 4.78 is 21.5. The summed E-state index contributed by atoms with van der Waals surface area (Å²) in [5, 5.41) is 30.0. The molecule has 0 saturated carbocycles. The topological polar surface area (TPSA) is 115 Å². The van der Waals surface area contributed by atoms with Crippen LogP contribution in [0.15, 0.2) is 67.3 Å². The van der Waals surface area contributed by atoms with E-state index in [4.69, 9.17) is 18.9 Å². The maximum atomic E-state index is 12.3. The largest absolute Gasteiger partial charge is 0.459 e. The SMILES string of the molecule is C=CCO[C@@H]1O[C@H](COC(=O)c2ccc(Oc3ccccc3)cc2)[C@@H](O)[C@H](O)[C@H]1O. The van der Waals surface area contributed by atoms with E-state index in [2.05, 4.69) is 6.58 Å². The molecule has 0 unspecified atom stereocenters. The first-order valence-corrected chi connectivity index (χ1v) is 9.42. The molecule has 8 heteroatoms. The zero-order chi connectivity index (χ0) is 21.5. The second-order valence-electron chi connectivity index (χ2n) is 6.67. The molecule has 0 bridgehead atoms. The fourth-order valence-electron chi connectivity index (χ4n) is 2.88. The highest BCUT2D eigenvalue weighted by Gasteiger charge is 2.44. The summed E-state index contributed by atoms with van der Waals surface area (Å²) in [6.45, 7) is 3.24. The minimum absolute atomic E-state index is 0.0778. The van der Waals surface area contributed by atoms with Crippen molar-refractivity contribution in [2.75, 3.05) is 13.2 Å². The zero-order valence-electron chi connectivity index (χ0n) is 16.2. The Morgan fingerprint density at radius 2 is 1.63 bits per heavy atom. The lowest BCUT2D eigenvalue weighted by Gasteiger charge is -2.39. The number of para-hydroxylation sites is 1. The molecule has 2 aromatic carbocycles. The molecule has 0 spiro atoms. The summed E-state index contributed by atoms with van der Waals surface area (Å²) in [6, 6.07) is 15.6. The predicted octanol–water partition coefficient (Wildman–Crippen LogP) is 1.65. The maximum absolute atomic E-state index is 12.3. The van der Waals surface area contributed by atoms with Gasteiger partial charge in [0.05, 0.1) is 12.2 Å². The van der Waals surface area contributed by atoms with Crippen molar-refractivity contribution in [2.24, 2.45) is 0 Å². The second-order valence-corrected chi connectivity index (χ2v) is 6.67. The van der Waals surface area contributed by atoms with Crippen molar-refractivity contribution in [3.8, 4) is 11.5 Å². The highest BCUT2D eigenvalue weighted by molar-refractivity contribution is 5.89. The Morgan fingerprint density at radius 1 is 0.967 bits per heavy atom. The standard InChI is InChI=1S/C22H24O8/c1-2-12-27-22-20(25)19(24)18(23)17(30-22)13-28-21(26)14-8-10-16(11-9-14)29-15-6-4-3-5-7-15/h2-11,17-20,22-25H,1,12-13H2/t17-,18-,19+,20-,22-/m1/s1. The summed E-state index contributed by atoms with van der Waals surface area (Å²) in [4.78, 5) is 12.3. The van der Waals surface area contributed by atoms with E-state index in [1.807, 2.05) is 30.3 Å². The van der Waals surface area contributed by atoms with Crippen LogP contribution in [0.5, 0.6) is 11.5 Å². The molecule has 1 aliphatic heterocycles. The van der Waals surface area contributed by atoms with Crippen LogP contribution >= 0.6 is 0 Å². The highest BCUT2D eigenvalue weighted by Crippen LogP contribution is 2.24. The molecule has 160 valence electrons. The van der Waals surface area contributed by atoms with Gasteiger partial charge in [-0.05, 0) is 36.4 Å². The third-order valence-electron chi connectivity index (χ3n) is 4.49. The zero-order valence-corrected chi connectivity index (χ0v) is 16.2. The Morgan fingerprint density at radius 3 is 2.30 bits per heavy atom. The van der Waals surface area contributed by atoms with E-state index in [9.17, 15) is 20.1 Å². The molecule has 0 aliphatic carbocycles. The molecular formula is C22H24O8. The van der Waals surface area contributed by atoms with Crippen LogP contribution in [0.1, 0.15) is 10.4 Å². The first kappa shape index (κ1) is 21.9.